The fourth-order valence-electron chi connectivity index (χ4n) is 2.48. The summed E-state index contributed by atoms with van der Waals surface area (Å²) >= 11 is 0. The molecule has 0 amide bonds. The molecule has 1 fully saturated rings. The summed E-state index contributed by atoms with van der Waals surface area (Å²) in [6, 6.07) is 20.3. The first-order valence-corrected chi connectivity index (χ1v) is 7.60. The van der Waals surface area contributed by atoms with E-state index in [4.69, 9.17) is 9.72 Å². The minimum Gasteiger partial charge on any atom is -0.377 e. The maximum Gasteiger partial charge on any atom is 0.243 e. The summed E-state index contributed by atoms with van der Waals surface area (Å²) in [5.74, 6) is 0.539. The summed E-state index contributed by atoms with van der Waals surface area (Å²) in [5, 5.41) is 11.9. The lowest BCUT2D eigenvalue weighted by Gasteiger charge is -2.26. The number of ether oxygens (including phenoxy) is 1. The molecular formula is C18H16N4O. The summed E-state index contributed by atoms with van der Waals surface area (Å²) in [7, 11) is 0. The first-order chi connectivity index (χ1) is 11.4. The van der Waals surface area contributed by atoms with E-state index >= 15 is 0 Å². The molecule has 114 valence electrons. The highest BCUT2D eigenvalue weighted by atomic mass is 16.5. The van der Waals surface area contributed by atoms with E-state index in [0.717, 1.165) is 22.5 Å². The lowest BCUT2D eigenvalue weighted by Crippen LogP contribution is -2.40. The Kier molecular flexibility index (Phi) is 3.70. The van der Waals surface area contributed by atoms with Crippen molar-refractivity contribution in [3.05, 3.63) is 60.7 Å². The number of anilines is 1. The van der Waals surface area contributed by atoms with Crippen molar-refractivity contribution >= 4 is 5.95 Å². The Balaban J connectivity index is 1.78. The van der Waals surface area contributed by atoms with Crippen LogP contribution in [0.15, 0.2) is 60.7 Å². The molecule has 4 rings (SSSR count). The monoisotopic (exact) mass is 304 g/mol. The van der Waals surface area contributed by atoms with E-state index < -0.39 is 0 Å². The van der Waals surface area contributed by atoms with Crippen molar-refractivity contribution in [3.63, 3.8) is 0 Å². The molecule has 0 aliphatic carbocycles. The van der Waals surface area contributed by atoms with Crippen molar-refractivity contribution in [1.29, 1.82) is 0 Å². The number of rotatable bonds is 4. The van der Waals surface area contributed by atoms with Gasteiger partial charge in [-0.05, 0) is 0 Å². The first-order valence-electron chi connectivity index (χ1n) is 7.60. The van der Waals surface area contributed by atoms with Gasteiger partial charge >= 0.3 is 0 Å². The largest absolute Gasteiger partial charge is 0.377 e. The Morgan fingerprint density at radius 3 is 1.96 bits per heavy atom. The van der Waals surface area contributed by atoms with Crippen LogP contribution in [0.25, 0.3) is 22.5 Å². The van der Waals surface area contributed by atoms with Crippen LogP contribution in [-0.4, -0.2) is 34.4 Å². The highest BCUT2D eigenvalue weighted by molar-refractivity contribution is 5.77. The lowest BCUT2D eigenvalue weighted by molar-refractivity contribution is 0.0207. The average molecular weight is 304 g/mol. The van der Waals surface area contributed by atoms with Gasteiger partial charge in [0.1, 0.15) is 11.4 Å². The summed E-state index contributed by atoms with van der Waals surface area (Å²) < 4.78 is 5.18. The third-order valence-corrected chi connectivity index (χ3v) is 3.75. The summed E-state index contributed by atoms with van der Waals surface area (Å²) in [4.78, 5) is 4.70. The molecule has 1 aliphatic rings. The summed E-state index contributed by atoms with van der Waals surface area (Å²) in [6.07, 6.45) is 0. The van der Waals surface area contributed by atoms with Crippen LogP contribution in [-0.2, 0) is 4.74 Å². The minimum atomic E-state index is 0.267. The zero-order chi connectivity index (χ0) is 15.5. The van der Waals surface area contributed by atoms with Crippen LogP contribution in [0.5, 0.6) is 0 Å². The van der Waals surface area contributed by atoms with Crippen LogP contribution in [0.4, 0.5) is 5.95 Å². The summed E-state index contributed by atoms with van der Waals surface area (Å²) in [6.45, 7) is 1.37. The van der Waals surface area contributed by atoms with E-state index in [1.54, 1.807) is 0 Å². The van der Waals surface area contributed by atoms with Gasteiger partial charge in [0.2, 0.25) is 5.95 Å². The van der Waals surface area contributed by atoms with Gasteiger partial charge in [-0.3, -0.25) is 0 Å². The Bertz CT molecular complexity index is 789. The van der Waals surface area contributed by atoms with E-state index in [1.165, 1.54) is 0 Å². The molecule has 1 aliphatic heterocycles. The van der Waals surface area contributed by atoms with E-state index in [2.05, 4.69) is 15.5 Å². The predicted molar refractivity (Wildman–Crippen MR) is 88.9 cm³/mol. The first kappa shape index (κ1) is 13.8. The Labute approximate surface area is 134 Å². The minimum absolute atomic E-state index is 0.267. The second-order valence-electron chi connectivity index (χ2n) is 5.44. The second-order valence-corrected chi connectivity index (χ2v) is 5.44. The maximum atomic E-state index is 5.18. The number of nitrogens with one attached hydrogen (secondary N) is 1. The van der Waals surface area contributed by atoms with Crippen molar-refractivity contribution in [3.8, 4) is 22.5 Å². The molecule has 1 aromatic heterocycles. The predicted octanol–water partition coefficient (Wildman–Crippen LogP) is 3.02. The van der Waals surface area contributed by atoms with Gasteiger partial charge < -0.3 is 10.1 Å². The van der Waals surface area contributed by atoms with E-state index in [9.17, 15) is 0 Å². The van der Waals surface area contributed by atoms with Gasteiger partial charge in [-0.15, -0.1) is 10.2 Å². The van der Waals surface area contributed by atoms with Crippen molar-refractivity contribution in [2.75, 3.05) is 18.5 Å². The van der Waals surface area contributed by atoms with Gasteiger partial charge in [-0.2, -0.15) is 0 Å². The fourth-order valence-corrected chi connectivity index (χ4v) is 2.48. The number of nitrogens with zero attached hydrogens (tertiary/aromatic N) is 3. The zero-order valence-electron chi connectivity index (χ0n) is 12.5. The molecule has 23 heavy (non-hydrogen) atoms. The number of aromatic nitrogens is 3. The molecule has 3 aromatic rings. The van der Waals surface area contributed by atoms with E-state index in [1.807, 2.05) is 60.7 Å². The van der Waals surface area contributed by atoms with Crippen LogP contribution in [0.2, 0.25) is 0 Å². The molecule has 0 saturated carbocycles. The molecule has 0 radical (unpaired) electrons. The molecule has 0 atom stereocenters. The SMILES string of the molecule is c1ccc(-c2nnc(NC3COC3)nc2-c2ccccc2)cc1. The molecule has 0 spiro atoms. The molecule has 5 heteroatoms. The van der Waals surface area contributed by atoms with Crippen LogP contribution < -0.4 is 5.32 Å². The van der Waals surface area contributed by atoms with Crippen LogP contribution in [0.3, 0.4) is 0 Å². The zero-order valence-corrected chi connectivity index (χ0v) is 12.5. The van der Waals surface area contributed by atoms with Crippen molar-refractivity contribution in [2.24, 2.45) is 0 Å². The highest BCUT2D eigenvalue weighted by Crippen LogP contribution is 2.28. The Morgan fingerprint density at radius 2 is 1.39 bits per heavy atom. The van der Waals surface area contributed by atoms with Crippen LogP contribution >= 0.6 is 0 Å². The Morgan fingerprint density at radius 1 is 0.783 bits per heavy atom. The number of hydrogen-bond donors (Lipinski definition) is 1. The van der Waals surface area contributed by atoms with Gasteiger partial charge in [-0.1, -0.05) is 60.7 Å². The topological polar surface area (TPSA) is 59.9 Å². The molecule has 5 nitrogen and oxygen atoms in total. The van der Waals surface area contributed by atoms with E-state index in [-0.39, 0.29) is 6.04 Å². The molecule has 0 bridgehead atoms. The standard InChI is InChI=1S/C18H16N4O/c1-3-7-13(8-4-1)16-17(14-9-5-2-6-10-14)21-22-18(20-16)19-15-11-23-12-15/h1-10,15H,11-12H2,(H,19,20,22). The smallest absolute Gasteiger partial charge is 0.243 e. The Hall–Kier alpha value is -2.79. The third-order valence-electron chi connectivity index (χ3n) is 3.75. The van der Waals surface area contributed by atoms with E-state index in [0.29, 0.717) is 19.2 Å². The maximum absolute atomic E-state index is 5.18. The average Bonchev–Trinajstić information content (AvgIpc) is 2.59. The van der Waals surface area contributed by atoms with Crippen molar-refractivity contribution < 1.29 is 4.74 Å². The van der Waals surface area contributed by atoms with Crippen LogP contribution in [0.1, 0.15) is 0 Å². The van der Waals surface area contributed by atoms with Crippen LogP contribution in [0, 0.1) is 0 Å². The second kappa shape index (κ2) is 6.14. The highest BCUT2D eigenvalue weighted by Gasteiger charge is 2.20. The third kappa shape index (κ3) is 2.91. The molecule has 2 aromatic carbocycles. The normalized spacial score (nSPS) is 14.3. The summed E-state index contributed by atoms with van der Waals surface area (Å²) in [5.41, 5.74) is 3.64. The quantitative estimate of drug-likeness (QED) is 0.803. The van der Waals surface area contributed by atoms with Crippen molar-refractivity contribution in [2.45, 2.75) is 6.04 Å². The van der Waals surface area contributed by atoms with Gasteiger partial charge in [-0.25, -0.2) is 4.98 Å². The molecule has 0 unspecified atom stereocenters. The lowest BCUT2D eigenvalue weighted by atomic mass is 10.0. The van der Waals surface area contributed by atoms with Crippen molar-refractivity contribution in [1.82, 2.24) is 15.2 Å². The molecule has 1 N–H and O–H groups in total. The van der Waals surface area contributed by atoms with Gasteiger partial charge in [0, 0.05) is 11.1 Å². The number of hydrogen-bond acceptors (Lipinski definition) is 5. The van der Waals surface area contributed by atoms with Gasteiger partial charge in [0.05, 0.1) is 19.3 Å². The fraction of sp³-hybridized carbons (Fsp3) is 0.167. The number of benzene rings is 2. The van der Waals surface area contributed by atoms with Gasteiger partial charge in [0.15, 0.2) is 0 Å². The molecular weight excluding hydrogens is 288 g/mol. The molecule has 1 saturated heterocycles. The van der Waals surface area contributed by atoms with Gasteiger partial charge in [0.25, 0.3) is 0 Å². The molecule has 2 heterocycles.